The van der Waals surface area contributed by atoms with Crippen LogP contribution in [0.5, 0.6) is 0 Å². The third kappa shape index (κ3) is 4.51. The molecule has 4 aromatic rings. The summed E-state index contributed by atoms with van der Waals surface area (Å²) in [5.41, 5.74) is 4.66. The number of anilines is 1. The van der Waals surface area contributed by atoms with Crippen molar-refractivity contribution in [2.24, 2.45) is 0 Å². The third-order valence-corrected chi connectivity index (χ3v) is 5.79. The zero-order chi connectivity index (χ0) is 20.2. The Balaban J connectivity index is 1.40. The number of hydrogen-bond donors (Lipinski definition) is 1. The summed E-state index contributed by atoms with van der Waals surface area (Å²) in [5.74, 6) is 1.05. The fourth-order valence-corrected chi connectivity index (χ4v) is 4.01. The van der Waals surface area contributed by atoms with Gasteiger partial charge in [-0.25, -0.2) is 4.98 Å². The lowest BCUT2D eigenvalue weighted by atomic mass is 10.0. The largest absolute Gasteiger partial charge is 0.322 e. The molecular formula is C24H23N3OS. The number of nitrogens with one attached hydrogen (secondary N) is 1. The maximum absolute atomic E-state index is 12.6. The minimum atomic E-state index is -0.0880. The number of hydrogen-bond acceptors (Lipinski definition) is 3. The zero-order valence-corrected chi connectivity index (χ0v) is 17.3. The molecule has 0 bridgehead atoms. The van der Waals surface area contributed by atoms with Crippen molar-refractivity contribution in [1.29, 1.82) is 0 Å². The number of para-hydroxylation sites is 1. The summed E-state index contributed by atoms with van der Waals surface area (Å²) in [5, 5.41) is 3.04. The van der Waals surface area contributed by atoms with E-state index < -0.39 is 0 Å². The highest BCUT2D eigenvalue weighted by Crippen LogP contribution is 2.26. The second kappa shape index (κ2) is 8.53. The topological polar surface area (TPSA) is 46.4 Å². The number of fused-ring (bicyclic) bond motifs is 1. The predicted octanol–water partition coefficient (Wildman–Crippen LogP) is 6.00. The molecule has 2 aromatic carbocycles. The first-order valence-electron chi connectivity index (χ1n) is 9.66. The summed E-state index contributed by atoms with van der Waals surface area (Å²) in [6.45, 7) is 4.25. The summed E-state index contributed by atoms with van der Waals surface area (Å²) in [6.07, 6.45) is 4.05. The standard InChI is InChI=1S/C24H23N3OS/c1-17(2)21-7-3-4-8-22(21)26-24(28)18-10-12-20(13-11-18)29-16-19-15-27-14-6-5-9-23(27)25-19/h3-15,17H,16H2,1-2H3,(H,26,28). The summed E-state index contributed by atoms with van der Waals surface area (Å²) in [4.78, 5) is 18.4. The summed E-state index contributed by atoms with van der Waals surface area (Å²) in [6, 6.07) is 21.7. The van der Waals surface area contributed by atoms with E-state index in [0.29, 0.717) is 11.5 Å². The number of benzene rings is 2. The van der Waals surface area contributed by atoms with Crippen LogP contribution in [-0.2, 0) is 5.75 Å². The van der Waals surface area contributed by atoms with Gasteiger partial charge in [-0.3, -0.25) is 4.79 Å². The average molecular weight is 402 g/mol. The molecule has 4 nitrogen and oxygen atoms in total. The van der Waals surface area contributed by atoms with Gasteiger partial charge in [-0.2, -0.15) is 0 Å². The minimum absolute atomic E-state index is 0.0880. The van der Waals surface area contributed by atoms with E-state index in [9.17, 15) is 4.79 Å². The van der Waals surface area contributed by atoms with Gasteiger partial charge in [0.05, 0.1) is 5.69 Å². The lowest BCUT2D eigenvalue weighted by molar-refractivity contribution is 0.102. The van der Waals surface area contributed by atoms with Gasteiger partial charge in [-0.15, -0.1) is 11.8 Å². The number of thioether (sulfide) groups is 1. The molecule has 0 radical (unpaired) electrons. The molecule has 0 unspecified atom stereocenters. The van der Waals surface area contributed by atoms with E-state index in [-0.39, 0.29) is 5.91 Å². The highest BCUT2D eigenvalue weighted by atomic mass is 32.2. The zero-order valence-electron chi connectivity index (χ0n) is 16.5. The van der Waals surface area contributed by atoms with Crippen molar-refractivity contribution in [3.63, 3.8) is 0 Å². The van der Waals surface area contributed by atoms with Gasteiger partial charge in [-0.05, 0) is 53.9 Å². The molecule has 0 aliphatic carbocycles. The SMILES string of the molecule is CC(C)c1ccccc1NC(=O)c1ccc(SCc2cn3ccccc3n2)cc1. The molecule has 29 heavy (non-hydrogen) atoms. The molecule has 2 heterocycles. The molecule has 0 saturated carbocycles. The van der Waals surface area contributed by atoms with E-state index in [1.54, 1.807) is 11.8 Å². The Kier molecular flexibility index (Phi) is 5.67. The number of rotatable bonds is 6. The molecule has 1 amide bonds. The van der Waals surface area contributed by atoms with Crippen molar-refractivity contribution in [3.8, 4) is 0 Å². The number of pyridine rings is 1. The van der Waals surface area contributed by atoms with Crippen LogP contribution in [0.15, 0.2) is 84.0 Å². The first-order valence-corrected chi connectivity index (χ1v) is 10.6. The average Bonchev–Trinajstić information content (AvgIpc) is 3.16. The van der Waals surface area contributed by atoms with Crippen LogP contribution in [0.3, 0.4) is 0 Å². The smallest absolute Gasteiger partial charge is 0.255 e. The van der Waals surface area contributed by atoms with Crippen LogP contribution in [-0.4, -0.2) is 15.3 Å². The van der Waals surface area contributed by atoms with E-state index in [0.717, 1.165) is 33.2 Å². The molecule has 0 spiro atoms. The van der Waals surface area contributed by atoms with Gasteiger partial charge in [0.25, 0.3) is 5.91 Å². The van der Waals surface area contributed by atoms with E-state index in [1.165, 1.54) is 0 Å². The van der Waals surface area contributed by atoms with Crippen molar-refractivity contribution >= 4 is 29.0 Å². The van der Waals surface area contributed by atoms with Crippen molar-refractivity contribution in [2.75, 3.05) is 5.32 Å². The van der Waals surface area contributed by atoms with E-state index in [4.69, 9.17) is 0 Å². The van der Waals surface area contributed by atoms with Crippen LogP contribution in [0, 0.1) is 0 Å². The maximum atomic E-state index is 12.6. The molecule has 0 atom stereocenters. The van der Waals surface area contributed by atoms with Gasteiger partial charge in [0.15, 0.2) is 0 Å². The third-order valence-electron chi connectivity index (χ3n) is 4.75. The fraction of sp³-hybridized carbons (Fsp3) is 0.167. The summed E-state index contributed by atoms with van der Waals surface area (Å²) in [7, 11) is 0. The van der Waals surface area contributed by atoms with Crippen molar-refractivity contribution < 1.29 is 4.79 Å². The second-order valence-corrected chi connectivity index (χ2v) is 8.26. The Bertz CT molecular complexity index is 1100. The molecule has 2 aromatic heterocycles. The van der Waals surface area contributed by atoms with Gasteiger partial charge in [0.1, 0.15) is 5.65 Å². The number of carbonyl (C=O) groups is 1. The molecule has 1 N–H and O–H groups in total. The Labute approximate surface area is 175 Å². The predicted molar refractivity (Wildman–Crippen MR) is 120 cm³/mol. The maximum Gasteiger partial charge on any atom is 0.255 e. The van der Waals surface area contributed by atoms with Crippen LogP contribution in [0.4, 0.5) is 5.69 Å². The molecule has 146 valence electrons. The summed E-state index contributed by atoms with van der Waals surface area (Å²) >= 11 is 1.71. The van der Waals surface area contributed by atoms with Crippen LogP contribution in [0.1, 0.15) is 41.4 Å². The normalized spacial score (nSPS) is 11.1. The Morgan fingerprint density at radius 2 is 1.79 bits per heavy atom. The Hall–Kier alpha value is -3.05. The number of nitrogens with zero attached hydrogens (tertiary/aromatic N) is 2. The monoisotopic (exact) mass is 401 g/mol. The molecule has 0 saturated heterocycles. The highest BCUT2D eigenvalue weighted by Gasteiger charge is 2.11. The molecule has 0 fully saturated rings. The quantitative estimate of drug-likeness (QED) is 0.403. The summed E-state index contributed by atoms with van der Waals surface area (Å²) < 4.78 is 2.03. The first-order chi connectivity index (χ1) is 14.1. The number of imidazole rings is 1. The Morgan fingerprint density at radius 1 is 1.03 bits per heavy atom. The van der Waals surface area contributed by atoms with Gasteiger partial charge in [0, 0.05) is 34.3 Å². The lowest BCUT2D eigenvalue weighted by Gasteiger charge is -2.13. The van der Waals surface area contributed by atoms with Gasteiger partial charge >= 0.3 is 0 Å². The Morgan fingerprint density at radius 3 is 2.55 bits per heavy atom. The first kappa shape index (κ1) is 19.3. The van der Waals surface area contributed by atoms with Crippen LogP contribution >= 0.6 is 11.8 Å². The van der Waals surface area contributed by atoms with Crippen molar-refractivity contribution in [2.45, 2.75) is 30.4 Å². The second-order valence-electron chi connectivity index (χ2n) is 7.21. The van der Waals surface area contributed by atoms with Gasteiger partial charge in [-0.1, -0.05) is 38.1 Å². The van der Waals surface area contributed by atoms with Gasteiger partial charge < -0.3 is 9.72 Å². The van der Waals surface area contributed by atoms with Crippen LogP contribution in [0.25, 0.3) is 5.65 Å². The van der Waals surface area contributed by atoms with E-state index >= 15 is 0 Å². The van der Waals surface area contributed by atoms with Crippen molar-refractivity contribution in [1.82, 2.24) is 9.38 Å². The van der Waals surface area contributed by atoms with Gasteiger partial charge in [0.2, 0.25) is 0 Å². The fourth-order valence-electron chi connectivity index (χ4n) is 3.23. The minimum Gasteiger partial charge on any atom is -0.322 e. The molecule has 5 heteroatoms. The molecule has 0 aliphatic rings. The molecule has 4 rings (SSSR count). The van der Waals surface area contributed by atoms with Crippen LogP contribution < -0.4 is 5.32 Å². The molecular weight excluding hydrogens is 378 g/mol. The van der Waals surface area contributed by atoms with Crippen molar-refractivity contribution in [3.05, 3.63) is 95.9 Å². The molecule has 0 aliphatic heterocycles. The number of amides is 1. The van der Waals surface area contributed by atoms with Crippen LogP contribution in [0.2, 0.25) is 0 Å². The highest BCUT2D eigenvalue weighted by molar-refractivity contribution is 7.98. The van der Waals surface area contributed by atoms with E-state index in [1.807, 2.05) is 71.3 Å². The number of aromatic nitrogens is 2. The lowest BCUT2D eigenvalue weighted by Crippen LogP contribution is -2.13. The number of carbonyl (C=O) groups excluding carboxylic acids is 1. The van der Waals surface area contributed by atoms with E-state index in [2.05, 4.69) is 36.4 Å².